The molecule has 2 aliphatic rings. The second-order valence-electron chi connectivity index (χ2n) is 5.37. The van der Waals surface area contributed by atoms with Crippen LogP contribution in [-0.4, -0.2) is 30.6 Å². The Bertz CT molecular complexity index is 422. The molecule has 0 aromatic heterocycles. The molecule has 1 aromatic carbocycles. The third kappa shape index (κ3) is 2.53. The number of nitrogens with one attached hydrogen (secondary N) is 1. The first-order chi connectivity index (χ1) is 8.74. The smallest absolute Gasteiger partial charge is 0.0637 e. The number of nitrogens with zero attached hydrogens (tertiary/aromatic N) is 1. The van der Waals surface area contributed by atoms with E-state index >= 15 is 0 Å². The molecule has 4 heteroatoms. The highest BCUT2D eigenvalue weighted by Crippen LogP contribution is 2.30. The average Bonchev–Trinajstić information content (AvgIpc) is 2.77. The van der Waals surface area contributed by atoms with Crippen LogP contribution in [0.4, 0.5) is 0 Å². The Morgan fingerprint density at radius 3 is 3.00 bits per heavy atom. The van der Waals surface area contributed by atoms with Crippen molar-refractivity contribution in [1.82, 2.24) is 10.2 Å². The molecule has 0 amide bonds. The summed E-state index contributed by atoms with van der Waals surface area (Å²) in [5.41, 5.74) is 1.14. The molecule has 2 heterocycles. The predicted octanol–water partition coefficient (Wildman–Crippen LogP) is 3.18. The fourth-order valence-electron chi connectivity index (χ4n) is 3.18. The standard InChI is InChI=1S/C14H18Cl2N2/c15-12-5-1-3-11(14(12)16)8-18-7-10-4-2-6-17-13(10)9-18/h1,3,5,10,13,17H,2,4,6-9H2. The van der Waals surface area contributed by atoms with E-state index in [9.17, 15) is 0 Å². The number of halogens is 2. The van der Waals surface area contributed by atoms with E-state index in [0.29, 0.717) is 16.1 Å². The van der Waals surface area contributed by atoms with Crippen molar-refractivity contribution in [3.05, 3.63) is 33.8 Å². The van der Waals surface area contributed by atoms with Gasteiger partial charge in [-0.1, -0.05) is 35.3 Å². The summed E-state index contributed by atoms with van der Waals surface area (Å²) in [7, 11) is 0. The summed E-state index contributed by atoms with van der Waals surface area (Å²) in [5.74, 6) is 0.816. The summed E-state index contributed by atoms with van der Waals surface area (Å²) in [6, 6.07) is 6.57. The van der Waals surface area contributed by atoms with Gasteiger partial charge in [0.1, 0.15) is 0 Å². The van der Waals surface area contributed by atoms with Crippen LogP contribution in [0, 0.1) is 5.92 Å². The molecule has 2 saturated heterocycles. The molecule has 2 nitrogen and oxygen atoms in total. The molecule has 0 radical (unpaired) electrons. The van der Waals surface area contributed by atoms with Crippen molar-refractivity contribution in [2.75, 3.05) is 19.6 Å². The molecule has 2 fully saturated rings. The van der Waals surface area contributed by atoms with Gasteiger partial charge in [0.05, 0.1) is 10.0 Å². The fraction of sp³-hybridized carbons (Fsp3) is 0.571. The first-order valence-electron chi connectivity index (χ1n) is 6.62. The molecule has 1 N–H and O–H groups in total. The van der Waals surface area contributed by atoms with Gasteiger partial charge >= 0.3 is 0 Å². The van der Waals surface area contributed by atoms with Gasteiger partial charge in [0.25, 0.3) is 0 Å². The zero-order chi connectivity index (χ0) is 12.5. The van der Waals surface area contributed by atoms with Crippen molar-refractivity contribution in [1.29, 1.82) is 0 Å². The topological polar surface area (TPSA) is 15.3 Å². The van der Waals surface area contributed by atoms with Gasteiger partial charge < -0.3 is 5.32 Å². The van der Waals surface area contributed by atoms with E-state index in [0.717, 1.165) is 24.6 Å². The van der Waals surface area contributed by atoms with Crippen LogP contribution >= 0.6 is 23.2 Å². The second kappa shape index (κ2) is 5.38. The normalized spacial score (nSPS) is 28.3. The molecular formula is C14H18Cl2N2. The Labute approximate surface area is 118 Å². The van der Waals surface area contributed by atoms with Crippen LogP contribution in [0.15, 0.2) is 18.2 Å². The first-order valence-corrected chi connectivity index (χ1v) is 7.38. The molecule has 0 aliphatic carbocycles. The van der Waals surface area contributed by atoms with E-state index in [-0.39, 0.29) is 0 Å². The van der Waals surface area contributed by atoms with Crippen LogP contribution in [0.2, 0.25) is 10.0 Å². The average molecular weight is 285 g/mol. The van der Waals surface area contributed by atoms with Gasteiger partial charge in [0.2, 0.25) is 0 Å². The van der Waals surface area contributed by atoms with E-state index in [4.69, 9.17) is 23.2 Å². The Kier molecular flexibility index (Phi) is 3.81. The summed E-state index contributed by atoms with van der Waals surface area (Å²) in [6.45, 7) is 4.40. The van der Waals surface area contributed by atoms with E-state index in [1.807, 2.05) is 12.1 Å². The van der Waals surface area contributed by atoms with Crippen molar-refractivity contribution in [3.8, 4) is 0 Å². The minimum Gasteiger partial charge on any atom is -0.312 e. The van der Waals surface area contributed by atoms with Crippen molar-refractivity contribution >= 4 is 23.2 Å². The van der Waals surface area contributed by atoms with Crippen LogP contribution in [-0.2, 0) is 6.54 Å². The molecule has 0 saturated carbocycles. The van der Waals surface area contributed by atoms with E-state index in [2.05, 4.69) is 16.3 Å². The summed E-state index contributed by atoms with van der Waals surface area (Å²) in [6.07, 6.45) is 2.67. The number of benzene rings is 1. The Morgan fingerprint density at radius 1 is 1.28 bits per heavy atom. The van der Waals surface area contributed by atoms with E-state index < -0.39 is 0 Å². The third-order valence-corrected chi connectivity index (χ3v) is 4.96. The largest absolute Gasteiger partial charge is 0.312 e. The van der Waals surface area contributed by atoms with Crippen LogP contribution < -0.4 is 5.32 Å². The molecule has 18 heavy (non-hydrogen) atoms. The minimum atomic E-state index is 0.656. The highest BCUT2D eigenvalue weighted by molar-refractivity contribution is 6.42. The lowest BCUT2D eigenvalue weighted by Gasteiger charge is -2.24. The molecule has 3 rings (SSSR count). The molecule has 0 bridgehead atoms. The lowest BCUT2D eigenvalue weighted by atomic mass is 9.94. The van der Waals surface area contributed by atoms with Crippen molar-refractivity contribution in [3.63, 3.8) is 0 Å². The minimum absolute atomic E-state index is 0.656. The van der Waals surface area contributed by atoms with Crippen LogP contribution in [0.1, 0.15) is 18.4 Å². The molecule has 2 unspecified atom stereocenters. The summed E-state index contributed by atoms with van der Waals surface area (Å²) in [4.78, 5) is 2.49. The van der Waals surface area contributed by atoms with Gasteiger partial charge in [-0.2, -0.15) is 0 Å². The van der Waals surface area contributed by atoms with Gasteiger partial charge in [-0.3, -0.25) is 4.90 Å². The number of fused-ring (bicyclic) bond motifs is 1. The second-order valence-corrected chi connectivity index (χ2v) is 6.16. The van der Waals surface area contributed by atoms with Gasteiger partial charge in [-0.15, -0.1) is 0 Å². The molecule has 98 valence electrons. The molecule has 2 aliphatic heterocycles. The molecule has 1 aromatic rings. The van der Waals surface area contributed by atoms with Crippen LogP contribution in [0.5, 0.6) is 0 Å². The van der Waals surface area contributed by atoms with Crippen molar-refractivity contribution in [2.45, 2.75) is 25.4 Å². The maximum atomic E-state index is 6.25. The van der Waals surface area contributed by atoms with Gasteiger partial charge in [-0.25, -0.2) is 0 Å². The lowest BCUT2D eigenvalue weighted by Crippen LogP contribution is -2.40. The maximum Gasteiger partial charge on any atom is 0.0637 e. The number of likely N-dealkylation sites (tertiary alicyclic amines) is 1. The summed E-state index contributed by atoms with van der Waals surface area (Å²) < 4.78 is 0. The van der Waals surface area contributed by atoms with Gasteiger partial charge in [-0.05, 0) is 36.9 Å². The Hall–Kier alpha value is -0.280. The summed E-state index contributed by atoms with van der Waals surface area (Å²) >= 11 is 12.3. The summed E-state index contributed by atoms with van der Waals surface area (Å²) in [5, 5.41) is 4.99. The number of piperidine rings is 1. The van der Waals surface area contributed by atoms with Crippen molar-refractivity contribution < 1.29 is 0 Å². The lowest BCUT2D eigenvalue weighted by molar-refractivity contribution is 0.313. The number of rotatable bonds is 2. The fourth-order valence-corrected chi connectivity index (χ4v) is 3.56. The SMILES string of the molecule is Clc1cccc(CN2CC3CCCNC3C2)c1Cl. The van der Waals surface area contributed by atoms with Crippen LogP contribution in [0.3, 0.4) is 0 Å². The first kappa shape index (κ1) is 12.7. The zero-order valence-electron chi connectivity index (χ0n) is 10.3. The number of hydrogen-bond acceptors (Lipinski definition) is 2. The third-order valence-electron chi connectivity index (χ3n) is 4.10. The molecular weight excluding hydrogens is 267 g/mol. The van der Waals surface area contributed by atoms with Crippen LogP contribution in [0.25, 0.3) is 0 Å². The van der Waals surface area contributed by atoms with Crippen molar-refractivity contribution in [2.24, 2.45) is 5.92 Å². The monoisotopic (exact) mass is 284 g/mol. The maximum absolute atomic E-state index is 6.25. The number of hydrogen-bond donors (Lipinski definition) is 1. The van der Waals surface area contributed by atoms with Gasteiger partial charge in [0, 0.05) is 25.7 Å². The Morgan fingerprint density at radius 2 is 2.17 bits per heavy atom. The highest BCUT2D eigenvalue weighted by Gasteiger charge is 2.34. The predicted molar refractivity (Wildman–Crippen MR) is 76.3 cm³/mol. The van der Waals surface area contributed by atoms with Gasteiger partial charge in [0.15, 0.2) is 0 Å². The quantitative estimate of drug-likeness (QED) is 0.898. The molecule has 0 spiro atoms. The zero-order valence-corrected chi connectivity index (χ0v) is 11.8. The molecule has 2 atom stereocenters. The highest BCUT2D eigenvalue weighted by atomic mass is 35.5. The van der Waals surface area contributed by atoms with E-state index in [1.54, 1.807) is 0 Å². The Balaban J connectivity index is 1.68. The van der Waals surface area contributed by atoms with E-state index in [1.165, 1.54) is 25.9 Å².